The fourth-order valence-corrected chi connectivity index (χ4v) is 6.10. The van der Waals surface area contributed by atoms with Crippen molar-refractivity contribution < 1.29 is 27.1 Å². The normalized spacial score (nSPS) is 16.7. The number of amides is 1. The van der Waals surface area contributed by atoms with Crippen molar-refractivity contribution in [2.24, 2.45) is 0 Å². The number of hydrogen-bond acceptors (Lipinski definition) is 7. The summed E-state index contributed by atoms with van der Waals surface area (Å²) in [5.41, 5.74) is 2.03. The summed E-state index contributed by atoms with van der Waals surface area (Å²) in [5, 5.41) is 8.81. The number of carbonyl (C=O) groups excluding carboxylic acids is 1. The third-order valence-electron chi connectivity index (χ3n) is 6.55. The van der Waals surface area contributed by atoms with E-state index in [4.69, 9.17) is 9.47 Å². The lowest BCUT2D eigenvalue weighted by Gasteiger charge is -2.39. The zero-order chi connectivity index (χ0) is 25.4. The minimum atomic E-state index is -4.11. The summed E-state index contributed by atoms with van der Waals surface area (Å²) in [4.78, 5) is 14.9. The highest BCUT2D eigenvalue weighted by molar-refractivity contribution is 7.89. The Morgan fingerprint density at radius 2 is 2.03 bits per heavy atom. The van der Waals surface area contributed by atoms with E-state index in [9.17, 15) is 17.6 Å². The average Bonchev–Trinajstić information content (AvgIpc) is 3.23. The number of aromatic amines is 1. The number of sulfonamides is 1. The molecule has 2 aliphatic rings. The second kappa shape index (κ2) is 9.68. The topological polar surface area (TPSA) is 117 Å². The molecular formula is C24H28FN5O5S. The van der Waals surface area contributed by atoms with Gasteiger partial charge in [0.1, 0.15) is 22.8 Å². The van der Waals surface area contributed by atoms with Gasteiger partial charge in [-0.25, -0.2) is 8.42 Å². The number of hydrogen-bond donors (Lipinski definition) is 2. The van der Waals surface area contributed by atoms with Gasteiger partial charge < -0.3 is 19.7 Å². The van der Waals surface area contributed by atoms with Crippen molar-refractivity contribution in [2.45, 2.75) is 30.7 Å². The van der Waals surface area contributed by atoms with Gasteiger partial charge in [0.25, 0.3) is 0 Å². The first kappa shape index (κ1) is 24.5. The number of fused-ring (bicyclic) bond motifs is 2. The van der Waals surface area contributed by atoms with Crippen molar-refractivity contribution in [3.63, 3.8) is 0 Å². The van der Waals surface area contributed by atoms with Gasteiger partial charge in [0.05, 0.1) is 24.2 Å². The largest absolute Gasteiger partial charge is 0.489 e. The average molecular weight is 518 g/mol. The third-order valence-corrected chi connectivity index (χ3v) is 8.37. The van der Waals surface area contributed by atoms with Gasteiger partial charge in [-0.2, -0.15) is 13.8 Å². The van der Waals surface area contributed by atoms with Crippen LogP contribution in [0.5, 0.6) is 5.75 Å². The van der Waals surface area contributed by atoms with E-state index < -0.39 is 28.4 Å². The van der Waals surface area contributed by atoms with E-state index >= 15 is 0 Å². The Labute approximate surface area is 208 Å². The Kier molecular flexibility index (Phi) is 6.58. The van der Waals surface area contributed by atoms with Gasteiger partial charge in [-0.05, 0) is 49.6 Å². The first-order chi connectivity index (χ1) is 17.2. The Morgan fingerprint density at radius 3 is 2.81 bits per heavy atom. The molecule has 0 unspecified atom stereocenters. The number of ether oxygens (including phenoxy) is 2. The van der Waals surface area contributed by atoms with Gasteiger partial charge in [-0.15, -0.1) is 0 Å². The molecule has 0 bridgehead atoms. The van der Waals surface area contributed by atoms with Crippen LogP contribution in [0.15, 0.2) is 35.2 Å². The molecule has 2 aromatic carbocycles. The van der Waals surface area contributed by atoms with Crippen molar-refractivity contribution in [3.8, 4) is 5.75 Å². The van der Waals surface area contributed by atoms with Crippen LogP contribution in [0.4, 0.5) is 15.8 Å². The van der Waals surface area contributed by atoms with Crippen molar-refractivity contribution in [1.82, 2.24) is 14.5 Å². The minimum absolute atomic E-state index is 0.00808. The van der Waals surface area contributed by atoms with Crippen molar-refractivity contribution in [2.75, 3.05) is 50.2 Å². The summed E-state index contributed by atoms with van der Waals surface area (Å²) < 4.78 is 52.6. The molecule has 1 aromatic heterocycles. The molecule has 10 nitrogen and oxygen atoms in total. The standard InChI is InChI=1S/C24H28FN5O5S/c1-15-11-18-23(27-28-24(18)25)21(12-15)36(32,33)29(2)14-22(31)26-16-3-4-19-20(13-16)35-10-7-30(19)17-5-8-34-9-6-17/h3-4,11-13,17H,5-10,14H2,1-2H3,(H,26,31)(H,27,28). The monoisotopic (exact) mass is 517 g/mol. The van der Waals surface area contributed by atoms with Crippen molar-refractivity contribution in [3.05, 3.63) is 41.8 Å². The van der Waals surface area contributed by atoms with E-state index in [0.717, 1.165) is 42.6 Å². The number of benzene rings is 2. The van der Waals surface area contributed by atoms with E-state index in [1.165, 1.54) is 19.2 Å². The van der Waals surface area contributed by atoms with Crippen LogP contribution in [0.3, 0.4) is 0 Å². The van der Waals surface area contributed by atoms with Gasteiger partial charge in [0, 0.05) is 38.1 Å². The van der Waals surface area contributed by atoms with Crippen LogP contribution in [0.1, 0.15) is 18.4 Å². The number of nitrogens with one attached hydrogen (secondary N) is 2. The van der Waals surface area contributed by atoms with Crippen molar-refractivity contribution in [1.29, 1.82) is 0 Å². The quantitative estimate of drug-likeness (QED) is 0.516. The fraction of sp³-hybridized carbons (Fsp3) is 0.417. The summed E-state index contributed by atoms with van der Waals surface area (Å²) in [6.45, 7) is 4.05. The van der Waals surface area contributed by atoms with E-state index in [2.05, 4.69) is 20.4 Å². The Balaban J connectivity index is 1.30. The zero-order valence-corrected chi connectivity index (χ0v) is 20.9. The number of halogens is 1. The lowest BCUT2D eigenvalue weighted by molar-refractivity contribution is -0.116. The molecule has 0 atom stereocenters. The molecule has 5 rings (SSSR count). The fourth-order valence-electron chi connectivity index (χ4n) is 4.74. The van der Waals surface area contributed by atoms with Crippen LogP contribution >= 0.6 is 0 Å². The predicted molar refractivity (Wildman–Crippen MR) is 132 cm³/mol. The molecule has 0 spiro atoms. The molecule has 36 heavy (non-hydrogen) atoms. The van der Waals surface area contributed by atoms with Gasteiger partial charge in [0.15, 0.2) is 0 Å². The summed E-state index contributed by atoms with van der Waals surface area (Å²) >= 11 is 0. The summed E-state index contributed by atoms with van der Waals surface area (Å²) in [5.74, 6) is -0.556. The first-order valence-electron chi connectivity index (χ1n) is 11.8. The van der Waals surface area contributed by atoms with Crippen molar-refractivity contribution >= 4 is 38.2 Å². The summed E-state index contributed by atoms with van der Waals surface area (Å²) in [6.07, 6.45) is 1.91. The predicted octanol–water partition coefficient (Wildman–Crippen LogP) is 2.65. The maximum atomic E-state index is 14.0. The molecule has 1 fully saturated rings. The lowest BCUT2D eigenvalue weighted by Crippen LogP contribution is -2.44. The molecule has 3 aromatic rings. The zero-order valence-electron chi connectivity index (χ0n) is 20.1. The van der Waals surface area contributed by atoms with Crippen LogP contribution in [0.25, 0.3) is 10.9 Å². The van der Waals surface area contributed by atoms with Crippen LogP contribution in [0, 0.1) is 12.9 Å². The van der Waals surface area contributed by atoms with E-state index in [-0.39, 0.29) is 15.8 Å². The molecule has 1 saturated heterocycles. The minimum Gasteiger partial charge on any atom is -0.489 e. The highest BCUT2D eigenvalue weighted by Crippen LogP contribution is 2.37. The first-order valence-corrected chi connectivity index (χ1v) is 13.2. The highest BCUT2D eigenvalue weighted by Gasteiger charge is 2.29. The van der Waals surface area contributed by atoms with E-state index in [1.54, 1.807) is 19.1 Å². The molecule has 0 saturated carbocycles. The number of rotatable bonds is 6. The molecule has 2 N–H and O–H groups in total. The van der Waals surface area contributed by atoms with E-state index in [1.807, 2.05) is 6.07 Å². The second-order valence-electron chi connectivity index (χ2n) is 9.07. The maximum Gasteiger partial charge on any atom is 0.245 e. The number of likely N-dealkylation sites (N-methyl/N-ethyl adjacent to an activating group) is 1. The Morgan fingerprint density at radius 1 is 1.25 bits per heavy atom. The summed E-state index contributed by atoms with van der Waals surface area (Å²) in [6, 6.07) is 8.76. The van der Waals surface area contributed by atoms with Crippen LogP contribution in [-0.2, 0) is 19.6 Å². The molecule has 3 heterocycles. The number of aryl methyl sites for hydroxylation is 1. The number of carbonyl (C=O) groups is 1. The SMILES string of the molecule is Cc1cc(S(=O)(=O)N(C)CC(=O)Nc2ccc3c(c2)OCCN3C2CCOCC2)c2n[nH]c(F)c2c1. The van der Waals surface area contributed by atoms with Crippen LogP contribution < -0.4 is 15.0 Å². The molecule has 12 heteroatoms. The van der Waals surface area contributed by atoms with Crippen LogP contribution in [0.2, 0.25) is 0 Å². The maximum absolute atomic E-state index is 14.0. The molecule has 0 radical (unpaired) electrons. The highest BCUT2D eigenvalue weighted by atomic mass is 32.2. The second-order valence-corrected chi connectivity index (χ2v) is 11.1. The number of H-pyrrole nitrogens is 1. The van der Waals surface area contributed by atoms with E-state index in [0.29, 0.717) is 29.6 Å². The Bertz CT molecular complexity index is 1400. The summed E-state index contributed by atoms with van der Waals surface area (Å²) in [7, 11) is -2.82. The lowest BCUT2D eigenvalue weighted by atomic mass is 10.0. The van der Waals surface area contributed by atoms with Gasteiger partial charge in [0.2, 0.25) is 21.9 Å². The smallest absolute Gasteiger partial charge is 0.245 e. The molecular weight excluding hydrogens is 489 g/mol. The van der Waals surface area contributed by atoms with Gasteiger partial charge in [-0.3, -0.25) is 9.89 Å². The number of aromatic nitrogens is 2. The Hall–Kier alpha value is -3.22. The molecule has 2 aliphatic heterocycles. The van der Waals surface area contributed by atoms with Gasteiger partial charge >= 0.3 is 0 Å². The number of nitrogens with zero attached hydrogens (tertiary/aromatic N) is 3. The molecule has 192 valence electrons. The van der Waals surface area contributed by atoms with Gasteiger partial charge in [-0.1, -0.05) is 0 Å². The van der Waals surface area contributed by atoms with Crippen LogP contribution in [-0.4, -0.2) is 74.8 Å². The molecule has 1 amide bonds. The number of anilines is 2. The third kappa shape index (κ3) is 4.63. The molecule has 0 aliphatic carbocycles.